The van der Waals surface area contributed by atoms with Crippen molar-refractivity contribution in [3.8, 4) is 34.8 Å². The molecule has 0 unspecified atom stereocenters. The Hall–Kier alpha value is -10.7. The number of hydrogen-bond acceptors (Lipinski definition) is 32. The van der Waals surface area contributed by atoms with Gasteiger partial charge in [-0.2, -0.15) is 13.7 Å². The van der Waals surface area contributed by atoms with Crippen LogP contribution in [0, 0.1) is 58.7 Å². The van der Waals surface area contributed by atoms with Gasteiger partial charge in [-0.1, -0.05) is 53.9 Å². The molecule has 7 aromatic carbocycles. The van der Waals surface area contributed by atoms with Crippen molar-refractivity contribution in [3.05, 3.63) is 223 Å². The number of ketones is 2. The molecule has 9 heterocycles. The molecule has 0 aromatic heterocycles. The van der Waals surface area contributed by atoms with Crippen LogP contribution in [0.25, 0.3) is 0 Å². The molecular weight excluding hydrogens is 1850 g/mol. The van der Waals surface area contributed by atoms with Crippen LogP contribution in [0.5, 0.6) is 28.7 Å². The zero-order valence-electron chi connectivity index (χ0n) is 75.4. The minimum Gasteiger partial charge on any atom is -0.870 e. The minimum absolute atomic E-state index is 0. The number of phenols is 1. The zero-order chi connectivity index (χ0) is 94.8. The largest absolute Gasteiger partial charge is 1.00 e. The Morgan fingerprint density at radius 2 is 0.881 bits per heavy atom. The standard InChI is InChI=1S/C16H20N2O4.C16H22N2O2.C15H18N2O6.C12H14N2O4.C8H13NO3.C7H4BrN.C7H7NO4.C7H8O3S.C4H6O.CH4.Na.H2O.H2/c19-18(20)14-4-5-15-12(10-14)11-21-16(22-15)6-8-17(9-7-16)13-2-1-3-13;17-13-4-5-15-12(10-13)11-19-16(20-15)6-8-18(9-7-16)14-2-1-3-14;1-2-21-14(18)16-7-5-15(6-8-16)22-10-11-9-12(17(19)20)3-4-13(11)23-15;15-14(16)10-1-2-11-9(7-10)8-17-12(18-11)3-5-13-6-4-12;1-2-12-8(11)9-5-3-7(10)4-6-9;8-7-3-1-6(5-9)2-4-7;9-4-5-3-6(8(11)12)1-2-7(5)10;1-6-2-4-7(5-3-6)11(8,9)10;5-4-2-1-3-4;;;;/h4-5,10,13H,1-3,6-9,11H2;4-5,10,14H,1-3,6-9,11,17H2;3-4,9H,2,5-8,10H2,1H3;1-2,7,13H,3-6,8H2;2-6H2,1H3;1-4H;1-3,9-10H,4H2;2-5H,1H3,(H,8,9,10);1-3H2;1H4;;1H2;1H/q;;;;;;;;;;+1;;/p-1. The number of carbonyl (C=O) groups excluding carboxylic acids is 4. The second-order valence-corrected chi connectivity index (χ2v) is 35.5. The number of piperidine rings is 5. The van der Waals surface area contributed by atoms with Crippen molar-refractivity contribution in [2.45, 2.75) is 223 Å². The number of non-ortho nitro benzene ring substituents is 4. The fourth-order valence-electron chi connectivity index (χ4n) is 15.8. The molecule has 3 aliphatic carbocycles. The Balaban J connectivity index is 0.000000213. The first kappa shape index (κ1) is 110. The Kier molecular flexibility index (Phi) is 41.8. The molecular formula is C93H119BrN11NaO28S. The third-order valence-corrected chi connectivity index (χ3v) is 25.6. The number of Topliss-reactive ketones (excluding diaryl/α,β-unsaturated/α-hetero) is 2. The number of fused-ring (bicyclic) bond motifs is 4. The number of nitriles is 1. The van der Waals surface area contributed by atoms with E-state index in [1.165, 1.54) is 93.1 Å². The number of aromatic hydroxyl groups is 1. The number of amides is 2. The molecule has 728 valence electrons. The van der Waals surface area contributed by atoms with Crippen LogP contribution in [0.3, 0.4) is 0 Å². The Morgan fingerprint density at radius 1 is 0.533 bits per heavy atom. The number of nitrogens with two attached hydrogens (primary N) is 1. The summed E-state index contributed by atoms with van der Waals surface area (Å²) >= 11 is 3.27. The van der Waals surface area contributed by atoms with Gasteiger partial charge in [-0.05, 0) is 132 Å². The summed E-state index contributed by atoms with van der Waals surface area (Å²) in [6, 6.07) is 40.1. The molecule has 9 aliphatic heterocycles. The number of aryl methyl sites for hydroxylation is 1. The summed E-state index contributed by atoms with van der Waals surface area (Å²) in [5.74, 6) is 1.26. The van der Waals surface area contributed by atoms with Gasteiger partial charge >= 0.3 is 41.7 Å². The first-order valence-electron chi connectivity index (χ1n) is 44.1. The fraction of sp³-hybridized carbons (Fsp3) is 0.495. The number of nitro groups is 4. The molecule has 4 spiro atoms. The molecule has 2 amide bonds. The van der Waals surface area contributed by atoms with E-state index in [9.17, 15) is 68.1 Å². The summed E-state index contributed by atoms with van der Waals surface area (Å²) in [6.07, 6.45) is 17.6. The molecule has 12 aliphatic rings. The third-order valence-electron chi connectivity index (χ3n) is 24.2. The Morgan fingerprint density at radius 3 is 1.22 bits per heavy atom. The van der Waals surface area contributed by atoms with E-state index < -0.39 is 54.6 Å². The van der Waals surface area contributed by atoms with Gasteiger partial charge in [0.15, 0.2) is 0 Å². The van der Waals surface area contributed by atoms with Crippen LogP contribution in [0.15, 0.2) is 149 Å². The van der Waals surface area contributed by atoms with Crippen LogP contribution >= 0.6 is 15.9 Å². The van der Waals surface area contributed by atoms with Gasteiger partial charge in [0.2, 0.25) is 23.1 Å². The molecule has 135 heavy (non-hydrogen) atoms. The number of aliphatic hydroxyl groups is 1. The summed E-state index contributed by atoms with van der Waals surface area (Å²) in [5.41, 5.74) is 11.7. The number of carbonyl (C=O) groups is 4. The first-order valence-corrected chi connectivity index (χ1v) is 46.3. The number of rotatable bonds is 10. The van der Waals surface area contributed by atoms with Crippen molar-refractivity contribution < 1.29 is 146 Å². The van der Waals surface area contributed by atoms with Crippen molar-refractivity contribution in [1.29, 1.82) is 5.26 Å². The van der Waals surface area contributed by atoms with E-state index in [4.69, 9.17) is 73.1 Å². The van der Waals surface area contributed by atoms with Gasteiger partial charge < -0.3 is 83.9 Å². The van der Waals surface area contributed by atoms with Gasteiger partial charge in [0.1, 0.15) is 40.3 Å². The van der Waals surface area contributed by atoms with E-state index >= 15 is 0 Å². The smallest absolute Gasteiger partial charge is 0.870 e. The molecule has 5 saturated heterocycles. The summed E-state index contributed by atoms with van der Waals surface area (Å²) in [7, 11) is -4.02. The van der Waals surface area contributed by atoms with Crippen LogP contribution in [0.1, 0.15) is 184 Å². The summed E-state index contributed by atoms with van der Waals surface area (Å²) in [5, 5.41) is 71.9. The predicted octanol–water partition coefficient (Wildman–Crippen LogP) is 13.0. The number of nitro benzene ring substituents is 4. The number of nitrogens with one attached hydrogen (secondary N) is 1. The number of likely N-dealkylation sites (tertiary alicyclic amines) is 4. The number of halogens is 1. The van der Waals surface area contributed by atoms with Crippen molar-refractivity contribution in [2.24, 2.45) is 0 Å². The molecule has 8 fully saturated rings. The average Bonchev–Trinajstić information content (AvgIpc) is 0.770. The maximum absolute atomic E-state index is 11.7. The second-order valence-electron chi connectivity index (χ2n) is 33.1. The van der Waals surface area contributed by atoms with Gasteiger partial charge in [-0.3, -0.25) is 64.4 Å². The van der Waals surface area contributed by atoms with Crippen molar-refractivity contribution >= 4 is 78.2 Å². The number of nitrogen functional groups attached to an aromatic ring is 1. The quantitative estimate of drug-likeness (QED) is 0.0279. The number of nitrogens with zero attached hydrogens (tertiary/aromatic N) is 9. The fourth-order valence-corrected chi connectivity index (χ4v) is 16.5. The second kappa shape index (κ2) is 51.5. The van der Waals surface area contributed by atoms with Crippen LogP contribution in [0.2, 0.25) is 0 Å². The molecule has 0 bridgehead atoms. The van der Waals surface area contributed by atoms with Crippen molar-refractivity contribution in [3.63, 3.8) is 0 Å². The van der Waals surface area contributed by atoms with Gasteiger partial charge in [-0.25, -0.2) is 9.59 Å². The molecule has 7 N–H and O–H groups in total. The SMILES string of the molecule is C.CCOC(=O)N1CCC(=O)CC1.CCOC(=O)N1CCC2(CC1)OCc1cc([N+](=O)[O-])ccc1O2.Cc1ccc(S(=O)(=O)O)cc1.N#Cc1ccc(Br)cc1.Nc1ccc2c(c1)COC1(CCN(C3CCC3)CC1)O2.O=C1CCC1.O=[N+]([O-])c1ccc(O)c(CO)c1.O=[N+]([O-])c1ccc2c(c1)COC1(CCN(C3CCC3)CC1)O2.O=[N+]([O-])c1ccc2c(c1)COC1(CCNCC1)O2.[HH].[Na+].[OH-]. The molecule has 0 radical (unpaired) electrons. The third kappa shape index (κ3) is 31.4. The Bertz CT molecular complexity index is 5330. The Labute approximate surface area is 815 Å². The van der Waals surface area contributed by atoms with Crippen LogP contribution in [-0.4, -0.2) is 206 Å². The maximum Gasteiger partial charge on any atom is 1.00 e. The minimum atomic E-state index is -4.02. The molecule has 19 rings (SSSR count). The molecule has 0 atom stereocenters. The van der Waals surface area contributed by atoms with Gasteiger partial charge in [0.05, 0.1) is 82.5 Å². The van der Waals surface area contributed by atoms with Crippen molar-refractivity contribution in [1.82, 2.24) is 24.9 Å². The van der Waals surface area contributed by atoms with Crippen LogP contribution in [-0.2, 0) is 81.2 Å². The van der Waals surface area contributed by atoms with E-state index in [1.54, 1.807) is 72.2 Å². The van der Waals surface area contributed by atoms with Crippen LogP contribution in [0.4, 0.5) is 38.0 Å². The van der Waals surface area contributed by atoms with Gasteiger partial charge in [0.25, 0.3) is 32.9 Å². The van der Waals surface area contributed by atoms with Gasteiger partial charge in [-0.15, -0.1) is 0 Å². The number of ether oxygens (including phenoxy) is 10. The van der Waals surface area contributed by atoms with E-state index in [1.807, 2.05) is 43.3 Å². The summed E-state index contributed by atoms with van der Waals surface area (Å²) in [6.45, 7) is 15.3. The van der Waals surface area contributed by atoms with E-state index in [-0.39, 0.29) is 112 Å². The number of aliphatic hydroxyl groups excluding tert-OH is 1. The van der Waals surface area contributed by atoms with Crippen LogP contribution < -0.4 is 59.6 Å². The van der Waals surface area contributed by atoms with E-state index in [0.29, 0.717) is 113 Å². The average molecular weight is 1970 g/mol. The molecule has 42 heteroatoms. The number of anilines is 1. The summed E-state index contributed by atoms with van der Waals surface area (Å²) in [4.78, 5) is 92.6. The molecule has 3 saturated carbocycles. The maximum atomic E-state index is 11.7. The first-order chi connectivity index (χ1) is 63.2. The zero-order valence-corrected chi connectivity index (χ0v) is 79.8. The van der Waals surface area contributed by atoms with Gasteiger partial charge in [0, 0.05) is 243 Å². The molecule has 39 nitrogen and oxygen atoms in total. The van der Waals surface area contributed by atoms with E-state index in [2.05, 4.69) is 31.0 Å². The monoisotopic (exact) mass is 1970 g/mol. The normalized spacial score (nSPS) is 18.6. The van der Waals surface area contributed by atoms with E-state index in [0.717, 1.165) is 159 Å². The summed E-state index contributed by atoms with van der Waals surface area (Å²) < 4.78 is 88.2. The topological polar surface area (TPSA) is 533 Å². The number of hydrogen-bond donors (Lipinski definition) is 5. The van der Waals surface area contributed by atoms with Crippen molar-refractivity contribution in [2.75, 3.05) is 84.4 Å². The number of benzene rings is 7. The molecule has 7 aromatic rings. The predicted molar refractivity (Wildman–Crippen MR) is 493 cm³/mol.